The number of phenolic OH excluding ortho intramolecular Hbond substituents is 1. The van der Waals surface area contributed by atoms with Crippen LogP contribution in [-0.4, -0.2) is 35.1 Å². The summed E-state index contributed by atoms with van der Waals surface area (Å²) in [5.41, 5.74) is 4.12. The minimum absolute atomic E-state index is 0.0988. The Labute approximate surface area is 192 Å². The standard InChI is InChI=1S/C27H26N2O4/c1-17(19-12-13-22(25(30)15-19)18-8-4-3-5-9-18)26(31)29-24(27(32)33-2)14-20-16-28-23-11-7-6-10-21(20)23/h3-13,15-17,24,28,30H,14H2,1-2H3,(H,29,31)/t17-,24+/m0/s1. The first-order chi connectivity index (χ1) is 16.0. The fourth-order valence-corrected chi connectivity index (χ4v) is 3.98. The summed E-state index contributed by atoms with van der Waals surface area (Å²) in [6, 6.07) is 21.7. The van der Waals surface area contributed by atoms with Crippen molar-refractivity contribution in [1.29, 1.82) is 0 Å². The molecule has 3 aromatic carbocycles. The number of para-hydroxylation sites is 1. The lowest BCUT2D eigenvalue weighted by Crippen LogP contribution is -2.44. The van der Waals surface area contributed by atoms with Gasteiger partial charge in [-0.3, -0.25) is 4.79 Å². The van der Waals surface area contributed by atoms with Crippen molar-refractivity contribution >= 4 is 22.8 Å². The highest BCUT2D eigenvalue weighted by molar-refractivity contribution is 5.90. The third-order valence-corrected chi connectivity index (χ3v) is 5.90. The van der Waals surface area contributed by atoms with Crippen LogP contribution in [0.5, 0.6) is 5.75 Å². The van der Waals surface area contributed by atoms with Crippen molar-refractivity contribution in [1.82, 2.24) is 10.3 Å². The van der Waals surface area contributed by atoms with Crippen molar-refractivity contribution in [2.75, 3.05) is 7.11 Å². The van der Waals surface area contributed by atoms with Gasteiger partial charge >= 0.3 is 5.97 Å². The number of carbonyl (C=O) groups excluding carboxylic acids is 2. The quantitative estimate of drug-likeness (QED) is 0.366. The Morgan fingerprint density at radius 2 is 1.76 bits per heavy atom. The van der Waals surface area contributed by atoms with Gasteiger partial charge in [-0.25, -0.2) is 4.79 Å². The fourth-order valence-electron chi connectivity index (χ4n) is 3.98. The lowest BCUT2D eigenvalue weighted by atomic mass is 9.95. The molecule has 0 spiro atoms. The van der Waals surface area contributed by atoms with Crippen LogP contribution >= 0.6 is 0 Å². The number of H-pyrrole nitrogens is 1. The first-order valence-corrected chi connectivity index (χ1v) is 10.8. The van der Waals surface area contributed by atoms with Gasteiger partial charge in [-0.1, -0.05) is 60.7 Å². The molecular formula is C27H26N2O4. The van der Waals surface area contributed by atoms with Crippen LogP contribution in [0.1, 0.15) is 24.0 Å². The van der Waals surface area contributed by atoms with Crippen LogP contribution in [0, 0.1) is 0 Å². The van der Waals surface area contributed by atoms with Crippen LogP contribution in [-0.2, 0) is 20.7 Å². The van der Waals surface area contributed by atoms with E-state index in [0.29, 0.717) is 17.5 Å². The smallest absolute Gasteiger partial charge is 0.328 e. The van der Waals surface area contributed by atoms with E-state index in [1.807, 2.05) is 66.9 Å². The SMILES string of the molecule is COC(=O)[C@@H](Cc1c[nH]c2ccccc12)NC(=O)[C@@H](C)c1ccc(-c2ccccc2)c(O)c1. The first kappa shape index (κ1) is 22.1. The van der Waals surface area contributed by atoms with Gasteiger partial charge in [0, 0.05) is 29.1 Å². The van der Waals surface area contributed by atoms with Crippen LogP contribution in [0.3, 0.4) is 0 Å². The Bertz CT molecular complexity index is 1280. The summed E-state index contributed by atoms with van der Waals surface area (Å²) < 4.78 is 4.94. The normalized spacial score (nSPS) is 12.8. The van der Waals surface area contributed by atoms with Gasteiger partial charge in [-0.15, -0.1) is 0 Å². The summed E-state index contributed by atoms with van der Waals surface area (Å²) in [5.74, 6) is -1.31. The molecule has 0 bridgehead atoms. The van der Waals surface area contributed by atoms with E-state index >= 15 is 0 Å². The van der Waals surface area contributed by atoms with E-state index in [-0.39, 0.29) is 11.7 Å². The zero-order valence-electron chi connectivity index (χ0n) is 18.5. The minimum atomic E-state index is -0.832. The van der Waals surface area contributed by atoms with Gasteiger partial charge in [0.1, 0.15) is 11.8 Å². The third-order valence-electron chi connectivity index (χ3n) is 5.90. The molecule has 1 heterocycles. The first-order valence-electron chi connectivity index (χ1n) is 10.8. The van der Waals surface area contributed by atoms with Crippen LogP contribution in [0.15, 0.2) is 79.0 Å². The fraction of sp³-hybridized carbons (Fsp3) is 0.185. The number of hydrogen-bond donors (Lipinski definition) is 3. The number of aromatic amines is 1. The van der Waals surface area contributed by atoms with E-state index in [9.17, 15) is 14.7 Å². The molecule has 0 saturated carbocycles. The van der Waals surface area contributed by atoms with Crippen molar-refractivity contribution in [2.24, 2.45) is 0 Å². The lowest BCUT2D eigenvalue weighted by molar-refractivity contribution is -0.145. The zero-order valence-corrected chi connectivity index (χ0v) is 18.5. The number of esters is 1. The van der Waals surface area contributed by atoms with E-state index in [0.717, 1.165) is 22.0 Å². The van der Waals surface area contributed by atoms with Gasteiger partial charge in [0.2, 0.25) is 5.91 Å². The molecule has 0 radical (unpaired) electrons. The largest absolute Gasteiger partial charge is 0.507 e. The second-order valence-electron chi connectivity index (χ2n) is 8.01. The molecule has 0 saturated heterocycles. The Hall–Kier alpha value is -4.06. The summed E-state index contributed by atoms with van der Waals surface area (Å²) in [7, 11) is 1.31. The van der Waals surface area contributed by atoms with Crippen molar-refractivity contribution < 1.29 is 19.4 Å². The second kappa shape index (κ2) is 9.61. The molecule has 6 nitrogen and oxygen atoms in total. The molecule has 6 heteroatoms. The maximum atomic E-state index is 13.0. The number of aromatic hydroxyl groups is 1. The van der Waals surface area contributed by atoms with E-state index in [4.69, 9.17) is 4.74 Å². The highest BCUT2D eigenvalue weighted by Gasteiger charge is 2.26. The van der Waals surface area contributed by atoms with Gasteiger partial charge in [0.15, 0.2) is 0 Å². The van der Waals surface area contributed by atoms with Crippen molar-refractivity contribution in [3.05, 3.63) is 90.1 Å². The van der Waals surface area contributed by atoms with Crippen LogP contribution in [0.2, 0.25) is 0 Å². The molecule has 0 unspecified atom stereocenters. The molecule has 2 atom stereocenters. The molecule has 0 aliphatic rings. The number of hydrogen-bond acceptors (Lipinski definition) is 4. The van der Waals surface area contributed by atoms with Crippen LogP contribution in [0.25, 0.3) is 22.0 Å². The predicted octanol–water partition coefficient (Wildman–Crippen LogP) is 4.54. The molecule has 0 fully saturated rings. The highest BCUT2D eigenvalue weighted by Crippen LogP contribution is 2.32. The Balaban J connectivity index is 1.52. The average Bonchev–Trinajstić information content (AvgIpc) is 3.25. The Kier molecular flexibility index (Phi) is 6.45. The van der Waals surface area contributed by atoms with E-state index in [2.05, 4.69) is 10.3 Å². The molecule has 168 valence electrons. The Morgan fingerprint density at radius 1 is 1.03 bits per heavy atom. The number of nitrogens with one attached hydrogen (secondary N) is 2. The highest BCUT2D eigenvalue weighted by atomic mass is 16.5. The number of phenols is 1. The number of carbonyl (C=O) groups is 2. The molecule has 4 aromatic rings. The van der Waals surface area contributed by atoms with E-state index in [1.165, 1.54) is 7.11 Å². The number of aromatic nitrogens is 1. The summed E-state index contributed by atoms with van der Waals surface area (Å²) in [5, 5.41) is 14.4. The second-order valence-corrected chi connectivity index (χ2v) is 8.01. The molecule has 33 heavy (non-hydrogen) atoms. The number of amides is 1. The molecule has 0 aliphatic heterocycles. The topological polar surface area (TPSA) is 91.4 Å². The van der Waals surface area contributed by atoms with Crippen molar-refractivity contribution in [2.45, 2.75) is 25.3 Å². The summed E-state index contributed by atoms with van der Waals surface area (Å²) in [6.45, 7) is 1.74. The van der Waals surface area contributed by atoms with E-state index in [1.54, 1.807) is 19.1 Å². The minimum Gasteiger partial charge on any atom is -0.507 e. The molecular weight excluding hydrogens is 416 g/mol. The average molecular weight is 443 g/mol. The van der Waals surface area contributed by atoms with Crippen LogP contribution < -0.4 is 5.32 Å². The number of methoxy groups -OCH3 is 1. The molecule has 1 amide bonds. The number of benzene rings is 3. The van der Waals surface area contributed by atoms with E-state index < -0.39 is 17.9 Å². The van der Waals surface area contributed by atoms with Gasteiger partial charge in [0.05, 0.1) is 13.0 Å². The van der Waals surface area contributed by atoms with Crippen molar-refractivity contribution in [3.8, 4) is 16.9 Å². The number of ether oxygens (including phenoxy) is 1. The lowest BCUT2D eigenvalue weighted by Gasteiger charge is -2.20. The van der Waals surface area contributed by atoms with Gasteiger partial charge < -0.3 is 20.1 Å². The summed E-state index contributed by atoms with van der Waals surface area (Å²) in [6.07, 6.45) is 2.14. The monoisotopic (exact) mass is 442 g/mol. The van der Waals surface area contributed by atoms with Gasteiger partial charge in [-0.05, 0) is 35.7 Å². The molecule has 4 rings (SSSR count). The van der Waals surface area contributed by atoms with Gasteiger partial charge in [0.25, 0.3) is 0 Å². The number of rotatable bonds is 7. The molecule has 1 aromatic heterocycles. The third kappa shape index (κ3) is 4.75. The van der Waals surface area contributed by atoms with Crippen molar-refractivity contribution in [3.63, 3.8) is 0 Å². The van der Waals surface area contributed by atoms with Crippen LogP contribution in [0.4, 0.5) is 0 Å². The molecule has 3 N–H and O–H groups in total. The maximum Gasteiger partial charge on any atom is 0.328 e. The number of fused-ring (bicyclic) bond motifs is 1. The van der Waals surface area contributed by atoms with Gasteiger partial charge in [-0.2, -0.15) is 0 Å². The maximum absolute atomic E-state index is 13.0. The molecule has 0 aliphatic carbocycles. The summed E-state index contributed by atoms with van der Waals surface area (Å²) in [4.78, 5) is 28.6. The Morgan fingerprint density at radius 3 is 2.48 bits per heavy atom. The zero-order chi connectivity index (χ0) is 23.4. The predicted molar refractivity (Wildman–Crippen MR) is 128 cm³/mol. The summed E-state index contributed by atoms with van der Waals surface area (Å²) >= 11 is 0.